The van der Waals surface area contributed by atoms with E-state index in [0.29, 0.717) is 36.5 Å². The Morgan fingerprint density at radius 3 is 2.65 bits per heavy atom. The first kappa shape index (κ1) is 15.5. The van der Waals surface area contributed by atoms with Gasteiger partial charge in [0.2, 0.25) is 10.0 Å². The zero-order valence-corrected chi connectivity index (χ0v) is 13.3. The predicted molar refractivity (Wildman–Crippen MR) is 76.0 cm³/mol. The largest absolute Gasteiger partial charge is 0.360 e. The fraction of sp³-hybridized carbons (Fsp3) is 0.769. The lowest BCUT2D eigenvalue weighted by Gasteiger charge is -2.37. The zero-order valence-electron chi connectivity index (χ0n) is 12.5. The molecule has 2 unspecified atom stereocenters. The normalized spacial score (nSPS) is 25.0. The van der Waals surface area contributed by atoms with Crippen molar-refractivity contribution in [2.75, 3.05) is 20.1 Å². The molecule has 1 fully saturated rings. The topological polar surface area (TPSA) is 75.4 Å². The van der Waals surface area contributed by atoms with Crippen LogP contribution in [0.25, 0.3) is 0 Å². The van der Waals surface area contributed by atoms with E-state index in [1.807, 2.05) is 7.05 Å². The molecule has 1 saturated heterocycles. The molecule has 2 rings (SSSR count). The fourth-order valence-electron chi connectivity index (χ4n) is 2.98. The molecule has 7 heteroatoms. The second-order valence-corrected chi connectivity index (χ2v) is 7.24. The quantitative estimate of drug-likeness (QED) is 0.907. The minimum Gasteiger partial charge on any atom is -0.360 e. The van der Waals surface area contributed by atoms with E-state index >= 15 is 0 Å². The summed E-state index contributed by atoms with van der Waals surface area (Å²) in [6.45, 7) is 6.50. The standard InChI is InChI=1S/C13H23N3O3S/c1-5-11-8-16(7-6-12(11)14-4)20(17,18)13-9(2)15-19-10(13)3/h11-12,14H,5-8H2,1-4H3. The van der Waals surface area contributed by atoms with E-state index in [4.69, 9.17) is 4.52 Å². The van der Waals surface area contributed by atoms with Gasteiger partial charge in [-0.15, -0.1) is 0 Å². The van der Waals surface area contributed by atoms with Crippen LogP contribution in [0, 0.1) is 19.8 Å². The summed E-state index contributed by atoms with van der Waals surface area (Å²) >= 11 is 0. The SMILES string of the molecule is CCC1CN(S(=O)(=O)c2c(C)noc2C)CCC1NC. The molecule has 1 aliphatic heterocycles. The van der Waals surface area contributed by atoms with E-state index < -0.39 is 10.0 Å². The highest BCUT2D eigenvalue weighted by Crippen LogP contribution is 2.28. The third-order valence-corrected chi connectivity index (χ3v) is 6.27. The van der Waals surface area contributed by atoms with Gasteiger partial charge < -0.3 is 9.84 Å². The van der Waals surface area contributed by atoms with Crippen LogP contribution in [0.15, 0.2) is 9.42 Å². The van der Waals surface area contributed by atoms with Gasteiger partial charge in [0.1, 0.15) is 10.6 Å². The van der Waals surface area contributed by atoms with E-state index in [-0.39, 0.29) is 4.90 Å². The van der Waals surface area contributed by atoms with Crippen LogP contribution in [-0.2, 0) is 10.0 Å². The summed E-state index contributed by atoms with van der Waals surface area (Å²) in [7, 11) is -1.57. The van der Waals surface area contributed by atoms with Crippen molar-refractivity contribution in [2.24, 2.45) is 5.92 Å². The van der Waals surface area contributed by atoms with Gasteiger partial charge in [0, 0.05) is 19.1 Å². The molecule has 0 amide bonds. The van der Waals surface area contributed by atoms with Crippen molar-refractivity contribution in [2.45, 2.75) is 44.6 Å². The smallest absolute Gasteiger partial charge is 0.248 e. The van der Waals surface area contributed by atoms with E-state index in [2.05, 4.69) is 17.4 Å². The average Bonchev–Trinajstić information content (AvgIpc) is 2.77. The van der Waals surface area contributed by atoms with Crippen LogP contribution in [0.1, 0.15) is 31.2 Å². The van der Waals surface area contributed by atoms with E-state index in [9.17, 15) is 8.42 Å². The lowest BCUT2D eigenvalue weighted by atomic mass is 9.91. The monoisotopic (exact) mass is 301 g/mol. The number of nitrogens with zero attached hydrogens (tertiary/aromatic N) is 2. The van der Waals surface area contributed by atoms with Crippen molar-refractivity contribution >= 4 is 10.0 Å². The van der Waals surface area contributed by atoms with Crippen LogP contribution in [0.4, 0.5) is 0 Å². The van der Waals surface area contributed by atoms with Gasteiger partial charge >= 0.3 is 0 Å². The van der Waals surface area contributed by atoms with E-state index in [1.54, 1.807) is 18.2 Å². The molecule has 1 aliphatic rings. The highest BCUT2D eigenvalue weighted by molar-refractivity contribution is 7.89. The Balaban J connectivity index is 2.28. The number of hydrogen-bond donors (Lipinski definition) is 1. The van der Waals surface area contributed by atoms with Crippen molar-refractivity contribution in [3.8, 4) is 0 Å². The molecule has 0 spiro atoms. The maximum atomic E-state index is 12.8. The van der Waals surface area contributed by atoms with Gasteiger partial charge in [0.05, 0.1) is 0 Å². The molecular formula is C13H23N3O3S. The first-order chi connectivity index (χ1) is 9.41. The van der Waals surface area contributed by atoms with Crippen LogP contribution in [-0.4, -0.2) is 44.1 Å². The lowest BCUT2D eigenvalue weighted by Crippen LogP contribution is -2.50. The van der Waals surface area contributed by atoms with Crippen LogP contribution in [0.2, 0.25) is 0 Å². The molecule has 0 radical (unpaired) electrons. The maximum absolute atomic E-state index is 12.8. The number of aromatic nitrogens is 1. The first-order valence-corrected chi connectivity index (χ1v) is 8.46. The highest BCUT2D eigenvalue weighted by atomic mass is 32.2. The molecule has 1 aromatic heterocycles. The number of aryl methyl sites for hydroxylation is 2. The minimum atomic E-state index is -3.51. The molecule has 2 atom stereocenters. The molecule has 1 N–H and O–H groups in total. The third-order valence-electron chi connectivity index (χ3n) is 4.16. The summed E-state index contributed by atoms with van der Waals surface area (Å²) in [6, 6.07) is 0.385. The van der Waals surface area contributed by atoms with Gasteiger partial charge in [-0.25, -0.2) is 8.42 Å². The van der Waals surface area contributed by atoms with Gasteiger partial charge in [-0.1, -0.05) is 18.5 Å². The molecule has 6 nitrogen and oxygen atoms in total. The number of rotatable bonds is 4. The van der Waals surface area contributed by atoms with Gasteiger partial charge in [0.25, 0.3) is 0 Å². The van der Waals surface area contributed by atoms with Gasteiger partial charge in [-0.05, 0) is 33.2 Å². The molecule has 114 valence electrons. The average molecular weight is 301 g/mol. The Morgan fingerprint density at radius 1 is 1.45 bits per heavy atom. The van der Waals surface area contributed by atoms with Gasteiger partial charge in [-0.3, -0.25) is 0 Å². The molecular weight excluding hydrogens is 278 g/mol. The zero-order chi connectivity index (χ0) is 14.9. The van der Waals surface area contributed by atoms with Crippen molar-refractivity contribution < 1.29 is 12.9 Å². The summed E-state index contributed by atoms with van der Waals surface area (Å²) in [5.41, 5.74) is 0.436. The second kappa shape index (κ2) is 5.83. The number of hydrogen-bond acceptors (Lipinski definition) is 5. The molecule has 0 bridgehead atoms. The minimum absolute atomic E-state index is 0.232. The highest BCUT2D eigenvalue weighted by Gasteiger charge is 2.36. The van der Waals surface area contributed by atoms with Gasteiger partial charge in [-0.2, -0.15) is 4.31 Å². The Labute approximate surface area is 120 Å². The third kappa shape index (κ3) is 2.62. The summed E-state index contributed by atoms with van der Waals surface area (Å²) in [5.74, 6) is 0.704. The summed E-state index contributed by atoms with van der Waals surface area (Å²) in [4.78, 5) is 0.232. The predicted octanol–water partition coefficient (Wildman–Crippen LogP) is 1.30. The van der Waals surface area contributed by atoms with Crippen molar-refractivity contribution in [1.29, 1.82) is 0 Å². The Morgan fingerprint density at radius 2 is 2.15 bits per heavy atom. The van der Waals surface area contributed by atoms with Crippen LogP contribution in [0.3, 0.4) is 0 Å². The summed E-state index contributed by atoms with van der Waals surface area (Å²) in [6.07, 6.45) is 1.79. The van der Waals surface area contributed by atoms with Crippen molar-refractivity contribution in [3.05, 3.63) is 11.5 Å². The molecule has 0 aromatic carbocycles. The molecule has 0 saturated carbocycles. The molecule has 0 aliphatic carbocycles. The molecule has 20 heavy (non-hydrogen) atoms. The number of nitrogens with one attached hydrogen (secondary N) is 1. The van der Waals surface area contributed by atoms with Crippen LogP contribution < -0.4 is 5.32 Å². The van der Waals surface area contributed by atoms with Crippen molar-refractivity contribution in [1.82, 2.24) is 14.8 Å². The molecule has 1 aromatic rings. The first-order valence-electron chi connectivity index (χ1n) is 7.02. The second-order valence-electron chi connectivity index (χ2n) is 5.37. The van der Waals surface area contributed by atoms with E-state index in [0.717, 1.165) is 12.8 Å². The molecule has 2 heterocycles. The van der Waals surface area contributed by atoms with Crippen LogP contribution in [0.5, 0.6) is 0 Å². The summed E-state index contributed by atoms with van der Waals surface area (Å²) < 4.78 is 32.1. The van der Waals surface area contributed by atoms with Gasteiger partial charge in [0.15, 0.2) is 5.76 Å². The maximum Gasteiger partial charge on any atom is 0.248 e. The lowest BCUT2D eigenvalue weighted by molar-refractivity contribution is 0.209. The fourth-order valence-corrected chi connectivity index (χ4v) is 4.79. The summed E-state index contributed by atoms with van der Waals surface area (Å²) in [5, 5.41) is 7.04. The number of piperidine rings is 1. The van der Waals surface area contributed by atoms with E-state index in [1.165, 1.54) is 0 Å². The Hall–Kier alpha value is -0.920. The Bertz CT molecular complexity index is 548. The number of sulfonamides is 1. The van der Waals surface area contributed by atoms with Crippen molar-refractivity contribution in [3.63, 3.8) is 0 Å². The van der Waals surface area contributed by atoms with Crippen LogP contribution >= 0.6 is 0 Å². The Kier molecular flexibility index (Phi) is 4.51.